The Bertz CT molecular complexity index is 1200. The number of anilines is 1. The fourth-order valence-electron chi connectivity index (χ4n) is 3.83. The summed E-state index contributed by atoms with van der Waals surface area (Å²) in [5, 5.41) is 3.46. The summed E-state index contributed by atoms with van der Waals surface area (Å²) in [6.45, 7) is 4.20. The summed E-state index contributed by atoms with van der Waals surface area (Å²) in [5.41, 5.74) is -0.655. The SMILES string of the molecule is CCOC(=O)c1cn(C)c2nc3c(F)c(N4CCCNCC4)c(F)cc3cc2c1=O. The minimum Gasteiger partial charge on any atom is -0.462 e. The van der Waals surface area contributed by atoms with Gasteiger partial charge in [0.1, 0.15) is 28.2 Å². The lowest BCUT2D eigenvalue weighted by Crippen LogP contribution is -2.29. The Labute approximate surface area is 171 Å². The molecule has 0 bridgehead atoms. The van der Waals surface area contributed by atoms with Crippen molar-refractivity contribution in [2.24, 2.45) is 7.05 Å². The number of aromatic nitrogens is 2. The standard InChI is InChI=1S/C21H22F2N4O3/c1-3-30-21(29)14-11-26(2)20-13(19(14)28)9-12-10-15(22)18(16(23)17(12)25-20)27-7-4-5-24-6-8-27/h9-11,24H,3-8H2,1-2H3. The van der Waals surface area contributed by atoms with Gasteiger partial charge in [0.2, 0.25) is 5.43 Å². The first-order chi connectivity index (χ1) is 14.4. The molecule has 0 amide bonds. The van der Waals surface area contributed by atoms with Crippen LogP contribution in [0.25, 0.3) is 21.9 Å². The molecule has 0 radical (unpaired) electrons. The van der Waals surface area contributed by atoms with E-state index >= 15 is 4.39 Å². The third kappa shape index (κ3) is 3.39. The Hall–Kier alpha value is -3.07. The Kier molecular flexibility index (Phi) is 5.38. The molecule has 1 saturated heterocycles. The third-order valence-corrected chi connectivity index (χ3v) is 5.25. The van der Waals surface area contributed by atoms with Crippen LogP contribution in [0.2, 0.25) is 0 Å². The van der Waals surface area contributed by atoms with E-state index in [1.54, 1.807) is 18.9 Å². The number of carbonyl (C=O) groups is 1. The van der Waals surface area contributed by atoms with Gasteiger partial charge in [-0.15, -0.1) is 0 Å². The van der Waals surface area contributed by atoms with Crippen LogP contribution in [0.4, 0.5) is 14.5 Å². The van der Waals surface area contributed by atoms with E-state index in [0.29, 0.717) is 19.6 Å². The van der Waals surface area contributed by atoms with Gasteiger partial charge in [-0.1, -0.05) is 0 Å². The molecule has 2 aromatic heterocycles. The summed E-state index contributed by atoms with van der Waals surface area (Å²) in [4.78, 5) is 30.9. The van der Waals surface area contributed by atoms with E-state index in [1.807, 2.05) is 0 Å². The predicted molar refractivity (Wildman–Crippen MR) is 110 cm³/mol. The first-order valence-corrected chi connectivity index (χ1v) is 9.87. The molecule has 0 spiro atoms. The monoisotopic (exact) mass is 416 g/mol. The van der Waals surface area contributed by atoms with E-state index in [0.717, 1.165) is 13.0 Å². The van der Waals surface area contributed by atoms with Gasteiger partial charge in [-0.05, 0) is 32.0 Å². The zero-order valence-corrected chi connectivity index (χ0v) is 16.8. The molecule has 1 aliphatic rings. The molecule has 7 nitrogen and oxygen atoms in total. The summed E-state index contributed by atoms with van der Waals surface area (Å²) in [5.74, 6) is -2.21. The Morgan fingerprint density at radius 3 is 2.83 bits per heavy atom. The molecular formula is C21H22F2N4O3. The Balaban J connectivity index is 1.94. The zero-order chi connectivity index (χ0) is 21.4. The minimum atomic E-state index is -0.754. The van der Waals surface area contributed by atoms with E-state index in [4.69, 9.17) is 4.74 Å². The van der Waals surface area contributed by atoms with Crippen LogP contribution in [0.5, 0.6) is 0 Å². The Morgan fingerprint density at radius 2 is 2.07 bits per heavy atom. The second-order valence-corrected chi connectivity index (χ2v) is 7.25. The van der Waals surface area contributed by atoms with E-state index in [2.05, 4.69) is 10.3 Å². The van der Waals surface area contributed by atoms with Crippen molar-refractivity contribution >= 4 is 33.6 Å². The van der Waals surface area contributed by atoms with Gasteiger partial charge >= 0.3 is 5.97 Å². The molecule has 0 aliphatic carbocycles. The van der Waals surface area contributed by atoms with Gasteiger partial charge in [0.15, 0.2) is 5.82 Å². The van der Waals surface area contributed by atoms with Crippen LogP contribution in [0.1, 0.15) is 23.7 Å². The van der Waals surface area contributed by atoms with E-state index < -0.39 is 23.0 Å². The topological polar surface area (TPSA) is 76.5 Å². The molecule has 9 heteroatoms. The number of hydrogen-bond acceptors (Lipinski definition) is 6. The smallest absolute Gasteiger partial charge is 0.343 e. The van der Waals surface area contributed by atoms with Crippen LogP contribution in [0.15, 0.2) is 23.1 Å². The lowest BCUT2D eigenvalue weighted by atomic mass is 10.1. The highest BCUT2D eigenvalue weighted by Crippen LogP contribution is 2.31. The molecule has 30 heavy (non-hydrogen) atoms. The number of aryl methyl sites for hydroxylation is 1. The number of ether oxygens (including phenoxy) is 1. The number of esters is 1. The molecule has 0 saturated carbocycles. The van der Waals surface area contributed by atoms with Gasteiger partial charge in [0, 0.05) is 38.3 Å². The summed E-state index contributed by atoms with van der Waals surface area (Å²) >= 11 is 0. The maximum atomic E-state index is 15.4. The average Bonchev–Trinajstić information content (AvgIpc) is 2.99. The van der Waals surface area contributed by atoms with Gasteiger partial charge in [-0.2, -0.15) is 0 Å². The van der Waals surface area contributed by atoms with Gasteiger partial charge in [-0.25, -0.2) is 18.6 Å². The molecule has 1 fully saturated rings. The number of fused-ring (bicyclic) bond motifs is 2. The van der Waals surface area contributed by atoms with Crippen LogP contribution in [-0.4, -0.2) is 48.3 Å². The molecule has 1 aromatic carbocycles. The molecule has 0 unspecified atom stereocenters. The highest BCUT2D eigenvalue weighted by molar-refractivity contribution is 5.97. The van der Waals surface area contributed by atoms with Crippen molar-refractivity contribution in [1.29, 1.82) is 0 Å². The van der Waals surface area contributed by atoms with E-state index in [-0.39, 0.29) is 39.8 Å². The normalized spacial score (nSPS) is 14.9. The van der Waals surface area contributed by atoms with Crippen molar-refractivity contribution in [3.05, 3.63) is 45.8 Å². The summed E-state index contributed by atoms with van der Waals surface area (Å²) in [6.07, 6.45) is 2.09. The largest absolute Gasteiger partial charge is 0.462 e. The van der Waals surface area contributed by atoms with Gasteiger partial charge in [0.25, 0.3) is 0 Å². The second-order valence-electron chi connectivity index (χ2n) is 7.25. The highest BCUT2D eigenvalue weighted by atomic mass is 19.1. The third-order valence-electron chi connectivity index (χ3n) is 5.25. The molecular weight excluding hydrogens is 394 g/mol. The maximum Gasteiger partial charge on any atom is 0.343 e. The molecule has 1 N–H and O–H groups in total. The van der Waals surface area contributed by atoms with Gasteiger partial charge in [-0.3, -0.25) is 4.79 Å². The maximum absolute atomic E-state index is 15.4. The van der Waals surface area contributed by atoms with Gasteiger partial charge in [0.05, 0.1) is 12.0 Å². The van der Waals surface area contributed by atoms with Crippen LogP contribution >= 0.6 is 0 Å². The van der Waals surface area contributed by atoms with Crippen LogP contribution < -0.4 is 15.6 Å². The van der Waals surface area contributed by atoms with Crippen LogP contribution in [0.3, 0.4) is 0 Å². The minimum absolute atomic E-state index is 0.0185. The van der Waals surface area contributed by atoms with Crippen molar-refractivity contribution in [2.75, 3.05) is 37.7 Å². The summed E-state index contributed by atoms with van der Waals surface area (Å²) < 4.78 is 36.7. The highest BCUT2D eigenvalue weighted by Gasteiger charge is 2.23. The van der Waals surface area contributed by atoms with Crippen molar-refractivity contribution in [3.63, 3.8) is 0 Å². The van der Waals surface area contributed by atoms with E-state index in [1.165, 1.54) is 22.9 Å². The first kappa shape index (κ1) is 20.2. The number of rotatable bonds is 3. The number of nitrogens with zero attached hydrogens (tertiary/aromatic N) is 3. The molecule has 158 valence electrons. The van der Waals surface area contributed by atoms with Crippen molar-refractivity contribution in [2.45, 2.75) is 13.3 Å². The lowest BCUT2D eigenvalue weighted by molar-refractivity contribution is 0.0524. The Morgan fingerprint density at radius 1 is 1.27 bits per heavy atom. The number of nitrogens with one attached hydrogen (secondary N) is 1. The van der Waals surface area contributed by atoms with E-state index in [9.17, 15) is 14.0 Å². The molecule has 3 aromatic rings. The number of carbonyl (C=O) groups excluding carboxylic acids is 1. The average molecular weight is 416 g/mol. The first-order valence-electron chi connectivity index (χ1n) is 9.87. The number of benzene rings is 1. The lowest BCUT2D eigenvalue weighted by Gasteiger charge is -2.24. The fraction of sp³-hybridized carbons (Fsp3) is 0.381. The van der Waals surface area contributed by atoms with Crippen molar-refractivity contribution in [1.82, 2.24) is 14.9 Å². The summed E-state index contributed by atoms with van der Waals surface area (Å²) in [7, 11) is 1.60. The summed E-state index contributed by atoms with van der Waals surface area (Å²) in [6, 6.07) is 2.57. The molecule has 1 aliphatic heterocycles. The number of halogens is 2. The predicted octanol–water partition coefficient (Wildman–Crippen LogP) is 2.34. The number of hydrogen-bond donors (Lipinski definition) is 1. The van der Waals surface area contributed by atoms with Crippen molar-refractivity contribution in [3.8, 4) is 0 Å². The van der Waals surface area contributed by atoms with Gasteiger partial charge < -0.3 is 19.5 Å². The van der Waals surface area contributed by atoms with Crippen molar-refractivity contribution < 1.29 is 18.3 Å². The zero-order valence-electron chi connectivity index (χ0n) is 16.8. The van der Waals surface area contributed by atoms with Crippen LogP contribution in [-0.2, 0) is 11.8 Å². The van der Waals surface area contributed by atoms with Crippen LogP contribution in [0, 0.1) is 11.6 Å². The molecule has 0 atom stereocenters. The molecule has 4 rings (SSSR count). The molecule has 3 heterocycles. The second kappa shape index (κ2) is 7.98. The number of pyridine rings is 2. The quantitative estimate of drug-likeness (QED) is 0.522. The fourth-order valence-corrected chi connectivity index (χ4v) is 3.83.